The number of carbonyl (C=O) groups is 1. The number of carbonyl (C=O) groups excluding carboxylic acids is 1. The highest BCUT2D eigenvalue weighted by atomic mass is 35.5. The van der Waals surface area contributed by atoms with Gasteiger partial charge in [0.25, 0.3) is 5.91 Å². The summed E-state index contributed by atoms with van der Waals surface area (Å²) in [5.74, 6) is -0.923. The first kappa shape index (κ1) is 17.5. The molecule has 1 N–H and O–H groups in total. The zero-order valence-electron chi connectivity index (χ0n) is 13.2. The Balaban J connectivity index is 1.59. The van der Waals surface area contributed by atoms with Crippen LogP contribution in [-0.2, 0) is 11.0 Å². The zero-order chi connectivity index (χ0) is 18.4. The van der Waals surface area contributed by atoms with Crippen LogP contribution in [0.15, 0.2) is 45.7 Å². The average molecular weight is 412 g/mol. The van der Waals surface area contributed by atoms with Crippen molar-refractivity contribution in [3.8, 4) is 0 Å². The summed E-state index contributed by atoms with van der Waals surface area (Å²) >= 11 is 11.8. The Kier molecular flexibility index (Phi) is 4.50. The lowest BCUT2D eigenvalue weighted by Gasteiger charge is -2.05. The van der Waals surface area contributed by atoms with Crippen LogP contribution in [0.2, 0.25) is 10.0 Å². The Morgan fingerprint density at radius 3 is 2.65 bits per heavy atom. The molecule has 2 aromatic carbocycles. The average Bonchev–Trinajstić information content (AvgIpc) is 3.33. The van der Waals surface area contributed by atoms with Crippen LogP contribution in [0.25, 0.3) is 11.0 Å². The topological polar surface area (TPSA) is 59.3 Å². The van der Waals surface area contributed by atoms with E-state index in [1.54, 1.807) is 6.07 Å². The Hall–Kier alpha value is -1.89. The molecule has 0 bridgehead atoms. The van der Waals surface area contributed by atoms with Gasteiger partial charge in [-0.05, 0) is 54.7 Å². The fourth-order valence-corrected chi connectivity index (χ4v) is 4.12. The third-order valence-electron chi connectivity index (χ3n) is 4.16. The molecule has 0 spiro atoms. The summed E-state index contributed by atoms with van der Waals surface area (Å²) in [4.78, 5) is 12.5. The van der Waals surface area contributed by atoms with E-state index < -0.39 is 22.7 Å². The van der Waals surface area contributed by atoms with Gasteiger partial charge >= 0.3 is 0 Å². The quantitative estimate of drug-likeness (QED) is 0.640. The van der Waals surface area contributed by atoms with Gasteiger partial charge in [-0.15, -0.1) is 0 Å². The maximum Gasteiger partial charge on any atom is 0.298 e. The maximum absolute atomic E-state index is 14.2. The van der Waals surface area contributed by atoms with Crippen molar-refractivity contribution >= 4 is 51.1 Å². The van der Waals surface area contributed by atoms with Crippen LogP contribution in [0, 0.1) is 5.82 Å². The van der Waals surface area contributed by atoms with Crippen LogP contribution >= 0.6 is 23.2 Å². The van der Waals surface area contributed by atoms with Gasteiger partial charge in [0.15, 0.2) is 16.7 Å². The van der Waals surface area contributed by atoms with Crippen LogP contribution < -0.4 is 4.72 Å². The molecular formula is C18H12Cl2FNO3S. The molecule has 1 aliphatic rings. The van der Waals surface area contributed by atoms with Gasteiger partial charge in [0, 0.05) is 11.1 Å². The standard InChI is InChI=1S/C18H12Cl2FNO3S/c19-11-3-4-17(13(20)7-11)26(24)22-18(23)16-8-12-14(21)5-10(9-1-2-9)6-15(12)25-16/h3-9H,1-2H2,(H,22,23). The highest BCUT2D eigenvalue weighted by Crippen LogP contribution is 2.41. The Morgan fingerprint density at radius 2 is 1.96 bits per heavy atom. The number of nitrogens with one attached hydrogen (secondary N) is 1. The molecular weight excluding hydrogens is 400 g/mol. The van der Waals surface area contributed by atoms with Gasteiger partial charge < -0.3 is 4.42 Å². The molecule has 8 heteroatoms. The van der Waals surface area contributed by atoms with Crippen molar-refractivity contribution < 1.29 is 17.8 Å². The smallest absolute Gasteiger partial charge is 0.298 e. The molecule has 1 fully saturated rings. The summed E-state index contributed by atoms with van der Waals surface area (Å²) in [6, 6.07) is 8.93. The minimum absolute atomic E-state index is 0.120. The molecule has 26 heavy (non-hydrogen) atoms. The summed E-state index contributed by atoms with van der Waals surface area (Å²) < 4.78 is 34.3. The number of amides is 1. The SMILES string of the molecule is O=C(NS(=O)c1ccc(Cl)cc1Cl)c1cc2c(F)cc(C3CC3)cc2o1. The molecule has 0 radical (unpaired) electrons. The predicted octanol–water partition coefficient (Wildman–Crippen LogP) is 5.21. The molecule has 1 saturated carbocycles. The van der Waals surface area contributed by atoms with E-state index in [0.29, 0.717) is 16.5 Å². The number of halogens is 3. The van der Waals surface area contributed by atoms with Crippen LogP contribution in [0.5, 0.6) is 0 Å². The second kappa shape index (κ2) is 6.68. The third kappa shape index (κ3) is 3.37. The molecule has 0 saturated heterocycles. The number of fused-ring (bicyclic) bond motifs is 1. The van der Waals surface area contributed by atoms with E-state index in [1.165, 1.54) is 30.3 Å². The summed E-state index contributed by atoms with van der Waals surface area (Å²) in [5.41, 5.74) is 1.17. The van der Waals surface area contributed by atoms with E-state index in [2.05, 4.69) is 4.72 Å². The summed E-state index contributed by atoms with van der Waals surface area (Å²) in [7, 11) is -1.91. The first-order valence-electron chi connectivity index (χ1n) is 7.83. The number of benzene rings is 2. The number of hydrogen-bond acceptors (Lipinski definition) is 3. The Labute approximate surface area is 160 Å². The van der Waals surface area contributed by atoms with Crippen molar-refractivity contribution in [1.82, 2.24) is 4.72 Å². The molecule has 134 valence electrons. The van der Waals surface area contributed by atoms with Crippen LogP contribution in [0.1, 0.15) is 34.9 Å². The van der Waals surface area contributed by atoms with Crippen molar-refractivity contribution in [3.05, 3.63) is 63.6 Å². The molecule has 1 aromatic heterocycles. The number of rotatable bonds is 4. The van der Waals surface area contributed by atoms with Crippen molar-refractivity contribution in [2.45, 2.75) is 23.7 Å². The molecule has 4 rings (SSSR count). The summed E-state index contributed by atoms with van der Waals surface area (Å²) in [6.07, 6.45) is 2.06. The van der Waals surface area contributed by atoms with Gasteiger partial charge in [0.1, 0.15) is 11.4 Å². The van der Waals surface area contributed by atoms with Crippen molar-refractivity contribution in [2.75, 3.05) is 0 Å². The normalized spacial score (nSPS) is 15.2. The molecule has 3 aromatic rings. The molecule has 1 unspecified atom stereocenters. The Morgan fingerprint density at radius 1 is 1.19 bits per heavy atom. The first-order valence-corrected chi connectivity index (χ1v) is 9.74. The highest BCUT2D eigenvalue weighted by molar-refractivity contribution is 7.83. The zero-order valence-corrected chi connectivity index (χ0v) is 15.6. The molecule has 1 heterocycles. The van der Waals surface area contributed by atoms with Crippen molar-refractivity contribution in [1.29, 1.82) is 0 Å². The first-order chi connectivity index (χ1) is 12.4. The minimum Gasteiger partial charge on any atom is -0.451 e. The van der Waals surface area contributed by atoms with Crippen LogP contribution in [0.3, 0.4) is 0 Å². The molecule has 1 atom stereocenters. The monoisotopic (exact) mass is 411 g/mol. The van der Waals surface area contributed by atoms with Gasteiger partial charge in [0.05, 0.1) is 15.3 Å². The van der Waals surface area contributed by atoms with Crippen LogP contribution in [-0.4, -0.2) is 10.1 Å². The van der Waals surface area contributed by atoms with Gasteiger partial charge in [-0.25, -0.2) is 8.60 Å². The van der Waals surface area contributed by atoms with Crippen LogP contribution in [0.4, 0.5) is 4.39 Å². The van der Waals surface area contributed by atoms with Gasteiger partial charge in [-0.3, -0.25) is 9.52 Å². The van der Waals surface area contributed by atoms with E-state index in [-0.39, 0.29) is 21.1 Å². The fourth-order valence-electron chi connectivity index (χ4n) is 2.70. The number of hydrogen-bond donors (Lipinski definition) is 1. The molecule has 1 amide bonds. The number of furan rings is 1. The van der Waals surface area contributed by atoms with E-state index in [4.69, 9.17) is 27.6 Å². The van der Waals surface area contributed by atoms with E-state index >= 15 is 0 Å². The summed E-state index contributed by atoms with van der Waals surface area (Å²) in [6.45, 7) is 0. The molecule has 0 aliphatic heterocycles. The Bertz CT molecular complexity index is 1060. The summed E-state index contributed by atoms with van der Waals surface area (Å²) in [5, 5.41) is 0.775. The second-order valence-electron chi connectivity index (χ2n) is 6.07. The predicted molar refractivity (Wildman–Crippen MR) is 98.5 cm³/mol. The molecule has 1 aliphatic carbocycles. The fraction of sp³-hybridized carbons (Fsp3) is 0.167. The second-order valence-corrected chi connectivity index (χ2v) is 8.10. The minimum atomic E-state index is -1.91. The lowest BCUT2D eigenvalue weighted by Crippen LogP contribution is -2.25. The van der Waals surface area contributed by atoms with E-state index in [9.17, 15) is 13.4 Å². The maximum atomic E-state index is 14.2. The third-order valence-corrected chi connectivity index (χ3v) is 5.95. The lowest BCUT2D eigenvalue weighted by atomic mass is 10.1. The van der Waals surface area contributed by atoms with Gasteiger partial charge in [-0.2, -0.15) is 0 Å². The van der Waals surface area contributed by atoms with Gasteiger partial charge in [0.2, 0.25) is 0 Å². The lowest BCUT2D eigenvalue weighted by molar-refractivity contribution is 0.0958. The van der Waals surface area contributed by atoms with E-state index in [1.807, 2.05) is 0 Å². The molecule has 4 nitrogen and oxygen atoms in total. The highest BCUT2D eigenvalue weighted by Gasteiger charge is 2.26. The van der Waals surface area contributed by atoms with Crippen molar-refractivity contribution in [3.63, 3.8) is 0 Å². The van der Waals surface area contributed by atoms with Gasteiger partial charge in [-0.1, -0.05) is 23.2 Å². The van der Waals surface area contributed by atoms with E-state index in [0.717, 1.165) is 18.4 Å². The van der Waals surface area contributed by atoms with Crippen molar-refractivity contribution in [2.24, 2.45) is 0 Å². The largest absolute Gasteiger partial charge is 0.451 e.